The Morgan fingerprint density at radius 1 is 1.13 bits per heavy atom. The lowest BCUT2D eigenvalue weighted by Gasteiger charge is -2.17. The Hall–Kier alpha value is -2.24. The first-order valence-electron chi connectivity index (χ1n) is 11.4. The zero-order valence-electron chi connectivity index (χ0n) is 18.0. The van der Waals surface area contributed by atoms with Crippen molar-refractivity contribution in [3.05, 3.63) is 59.7 Å². The normalized spacial score (nSPS) is 25.0. The molecule has 31 heavy (non-hydrogen) atoms. The minimum Gasteiger partial charge on any atom is -0.481 e. The predicted octanol–water partition coefficient (Wildman–Crippen LogP) is 3.87. The summed E-state index contributed by atoms with van der Waals surface area (Å²) in [7, 11) is 0. The molecule has 5 nitrogen and oxygen atoms in total. The summed E-state index contributed by atoms with van der Waals surface area (Å²) in [6, 6.07) is 8.52. The van der Waals surface area contributed by atoms with Gasteiger partial charge in [0.15, 0.2) is 0 Å². The van der Waals surface area contributed by atoms with Gasteiger partial charge in [0.25, 0.3) is 0 Å². The molecule has 2 aliphatic rings. The van der Waals surface area contributed by atoms with Gasteiger partial charge in [-0.2, -0.15) is 0 Å². The van der Waals surface area contributed by atoms with Gasteiger partial charge in [0.1, 0.15) is 5.78 Å². The first-order valence-corrected chi connectivity index (χ1v) is 11.4. The summed E-state index contributed by atoms with van der Waals surface area (Å²) < 4.78 is 0. The topological polar surface area (TPSA) is 94.8 Å². The lowest BCUT2D eigenvalue weighted by molar-refractivity contribution is -0.137. The standard InChI is InChI=1S/C26H34O5/c27-21(12-11-18-15-19-7-5-6-8-20(19)16-18)13-14-23-22(24(28)17-25(23)29)9-3-1-2-4-10-26(30)31/h1,3,5-8,13-14,18,21-24,27-28H,2,4,9-12,15-17H2,(H,30,31)/b3-1-,14-13+/t21-,22+,23+,24-/m0/s1. The van der Waals surface area contributed by atoms with E-state index in [0.717, 1.165) is 19.3 Å². The molecule has 4 atom stereocenters. The zero-order valence-corrected chi connectivity index (χ0v) is 18.0. The molecule has 3 N–H and O–H groups in total. The second kappa shape index (κ2) is 11.4. The molecule has 0 unspecified atom stereocenters. The fraction of sp³-hybridized carbons (Fsp3) is 0.538. The number of allylic oxidation sites excluding steroid dienone is 3. The molecule has 5 heteroatoms. The number of aliphatic carboxylic acids is 1. The predicted molar refractivity (Wildman–Crippen MR) is 120 cm³/mol. The highest BCUT2D eigenvalue weighted by Crippen LogP contribution is 2.34. The largest absolute Gasteiger partial charge is 0.481 e. The van der Waals surface area contributed by atoms with Gasteiger partial charge in [-0.3, -0.25) is 9.59 Å². The molecular formula is C26H34O5. The van der Waals surface area contributed by atoms with E-state index in [1.54, 1.807) is 12.2 Å². The summed E-state index contributed by atoms with van der Waals surface area (Å²) in [5.41, 5.74) is 2.84. The molecule has 2 aliphatic carbocycles. The molecule has 3 rings (SSSR count). The number of hydrogen-bond donors (Lipinski definition) is 3. The van der Waals surface area contributed by atoms with E-state index in [1.165, 1.54) is 11.1 Å². The molecule has 0 aliphatic heterocycles. The first-order chi connectivity index (χ1) is 14.9. The van der Waals surface area contributed by atoms with Crippen LogP contribution in [-0.4, -0.2) is 39.3 Å². The molecule has 0 heterocycles. The summed E-state index contributed by atoms with van der Waals surface area (Å²) in [5, 5.41) is 29.4. The maximum absolute atomic E-state index is 12.3. The van der Waals surface area contributed by atoms with Crippen LogP contribution >= 0.6 is 0 Å². The molecule has 0 aromatic heterocycles. The number of benzene rings is 1. The quantitative estimate of drug-likeness (QED) is 0.369. The number of ketones is 1. The lowest BCUT2D eigenvalue weighted by Crippen LogP contribution is -2.19. The van der Waals surface area contributed by atoms with Crippen LogP contribution in [-0.2, 0) is 22.4 Å². The third-order valence-corrected chi connectivity index (χ3v) is 6.62. The molecule has 1 fully saturated rings. The maximum atomic E-state index is 12.3. The Balaban J connectivity index is 1.44. The van der Waals surface area contributed by atoms with E-state index >= 15 is 0 Å². The average Bonchev–Trinajstić information content (AvgIpc) is 3.27. The molecular weight excluding hydrogens is 392 g/mol. The van der Waals surface area contributed by atoms with Gasteiger partial charge in [0.2, 0.25) is 0 Å². The van der Waals surface area contributed by atoms with Gasteiger partial charge < -0.3 is 15.3 Å². The smallest absolute Gasteiger partial charge is 0.303 e. The minimum absolute atomic E-state index is 0.0199. The van der Waals surface area contributed by atoms with Gasteiger partial charge >= 0.3 is 5.97 Å². The Kier molecular flexibility index (Phi) is 8.61. The van der Waals surface area contributed by atoms with Crippen LogP contribution < -0.4 is 0 Å². The van der Waals surface area contributed by atoms with Crippen molar-refractivity contribution in [1.82, 2.24) is 0 Å². The van der Waals surface area contributed by atoms with E-state index in [1.807, 2.05) is 12.2 Å². The van der Waals surface area contributed by atoms with E-state index < -0.39 is 18.2 Å². The van der Waals surface area contributed by atoms with Crippen molar-refractivity contribution in [2.45, 2.75) is 70.0 Å². The zero-order chi connectivity index (χ0) is 22.2. The van der Waals surface area contributed by atoms with Crippen molar-refractivity contribution >= 4 is 11.8 Å². The van der Waals surface area contributed by atoms with Crippen molar-refractivity contribution in [3.63, 3.8) is 0 Å². The van der Waals surface area contributed by atoms with Gasteiger partial charge in [-0.15, -0.1) is 0 Å². The fourth-order valence-corrected chi connectivity index (χ4v) is 4.87. The second-order valence-electron chi connectivity index (χ2n) is 8.99. The maximum Gasteiger partial charge on any atom is 0.303 e. The third kappa shape index (κ3) is 6.88. The molecule has 0 saturated heterocycles. The minimum atomic E-state index is -0.800. The van der Waals surface area contributed by atoms with Crippen molar-refractivity contribution < 1.29 is 24.9 Å². The number of carboxylic acid groups (broad SMARTS) is 1. The molecule has 0 amide bonds. The SMILES string of the molecule is O=C(O)CCC/C=C\C[C@H]1[C@@H](O)CC(=O)[C@@H]1/C=C/[C@@H](O)CCC1Cc2ccccc2C1. The van der Waals surface area contributed by atoms with Crippen molar-refractivity contribution in [2.75, 3.05) is 0 Å². The number of fused-ring (bicyclic) bond motifs is 1. The highest BCUT2D eigenvalue weighted by molar-refractivity contribution is 5.86. The van der Waals surface area contributed by atoms with Crippen LogP contribution in [0.5, 0.6) is 0 Å². The van der Waals surface area contributed by atoms with Crippen LogP contribution in [0.15, 0.2) is 48.6 Å². The Bertz CT molecular complexity index is 787. The van der Waals surface area contributed by atoms with Gasteiger partial charge in [0, 0.05) is 24.7 Å². The summed E-state index contributed by atoms with van der Waals surface area (Å²) in [5.74, 6) is -0.771. The number of rotatable bonds is 11. The van der Waals surface area contributed by atoms with E-state index in [9.17, 15) is 19.8 Å². The molecule has 0 spiro atoms. The Morgan fingerprint density at radius 3 is 2.52 bits per heavy atom. The first kappa shape index (κ1) is 23.4. The fourth-order valence-electron chi connectivity index (χ4n) is 4.87. The Morgan fingerprint density at radius 2 is 1.84 bits per heavy atom. The second-order valence-corrected chi connectivity index (χ2v) is 8.99. The molecule has 168 valence electrons. The van der Waals surface area contributed by atoms with Crippen LogP contribution in [0, 0.1) is 17.8 Å². The highest BCUT2D eigenvalue weighted by atomic mass is 16.4. The molecule has 1 saturated carbocycles. The van der Waals surface area contributed by atoms with Gasteiger partial charge in [-0.1, -0.05) is 48.6 Å². The molecule has 0 radical (unpaired) electrons. The lowest BCUT2D eigenvalue weighted by atomic mass is 9.89. The average molecular weight is 427 g/mol. The van der Waals surface area contributed by atoms with Crippen LogP contribution in [0.3, 0.4) is 0 Å². The van der Waals surface area contributed by atoms with E-state index in [0.29, 0.717) is 31.6 Å². The van der Waals surface area contributed by atoms with Crippen LogP contribution in [0.2, 0.25) is 0 Å². The van der Waals surface area contributed by atoms with E-state index in [2.05, 4.69) is 24.3 Å². The van der Waals surface area contributed by atoms with Crippen molar-refractivity contribution in [1.29, 1.82) is 0 Å². The summed E-state index contributed by atoms with van der Waals surface area (Å²) in [6.45, 7) is 0. The molecule has 1 aromatic rings. The van der Waals surface area contributed by atoms with Gasteiger partial charge in [0.05, 0.1) is 12.2 Å². The molecule has 1 aromatic carbocycles. The monoisotopic (exact) mass is 426 g/mol. The third-order valence-electron chi connectivity index (χ3n) is 6.62. The molecule has 0 bridgehead atoms. The Labute approximate surface area is 184 Å². The number of unbranched alkanes of at least 4 members (excludes halogenated alkanes) is 1. The summed E-state index contributed by atoms with van der Waals surface area (Å²) in [4.78, 5) is 22.9. The number of carbonyl (C=O) groups excluding carboxylic acids is 1. The van der Waals surface area contributed by atoms with Gasteiger partial charge in [-0.25, -0.2) is 0 Å². The van der Waals surface area contributed by atoms with Crippen molar-refractivity contribution in [3.8, 4) is 0 Å². The van der Waals surface area contributed by atoms with Crippen LogP contribution in [0.4, 0.5) is 0 Å². The van der Waals surface area contributed by atoms with Crippen molar-refractivity contribution in [2.24, 2.45) is 17.8 Å². The number of carboxylic acids is 1. The number of aliphatic hydroxyl groups is 2. The number of Topliss-reactive ketones (excluding diaryl/α,β-unsaturated/α-hetero) is 1. The summed E-state index contributed by atoms with van der Waals surface area (Å²) in [6.07, 6.45) is 12.0. The highest BCUT2D eigenvalue weighted by Gasteiger charge is 2.39. The van der Waals surface area contributed by atoms with Crippen LogP contribution in [0.25, 0.3) is 0 Å². The van der Waals surface area contributed by atoms with E-state index in [4.69, 9.17) is 5.11 Å². The number of aliphatic hydroxyl groups excluding tert-OH is 2. The van der Waals surface area contributed by atoms with Gasteiger partial charge in [-0.05, 0) is 62.0 Å². The van der Waals surface area contributed by atoms with E-state index in [-0.39, 0.29) is 30.5 Å². The summed E-state index contributed by atoms with van der Waals surface area (Å²) >= 11 is 0. The number of carbonyl (C=O) groups is 2. The number of hydrogen-bond acceptors (Lipinski definition) is 4. The van der Waals surface area contributed by atoms with Crippen LogP contribution in [0.1, 0.15) is 56.1 Å².